The van der Waals surface area contributed by atoms with Crippen LogP contribution >= 0.6 is 0 Å². The van der Waals surface area contributed by atoms with Crippen molar-refractivity contribution >= 4 is 53.9 Å². The number of rotatable bonds is 0. The topological polar surface area (TPSA) is 0 Å². The van der Waals surface area contributed by atoms with Crippen molar-refractivity contribution in [2.45, 2.75) is 0 Å². The molecule has 0 aliphatic heterocycles. The Bertz CT molecular complexity index is 1360. The summed E-state index contributed by atoms with van der Waals surface area (Å²) in [5, 5.41) is 13.2. The van der Waals surface area contributed by atoms with Gasteiger partial charge in [0.1, 0.15) is 0 Å². The molecule has 6 rings (SSSR count). The van der Waals surface area contributed by atoms with E-state index in [2.05, 4.69) is 97.1 Å². The fourth-order valence-corrected chi connectivity index (χ4v) is 4.42. The van der Waals surface area contributed by atoms with Crippen LogP contribution in [0.2, 0.25) is 0 Å². The highest BCUT2D eigenvalue weighted by Crippen LogP contribution is 2.37. The van der Waals surface area contributed by atoms with E-state index < -0.39 is 0 Å². The van der Waals surface area contributed by atoms with Crippen LogP contribution in [0, 0.1) is 0 Å². The molecule has 0 aliphatic rings. The van der Waals surface area contributed by atoms with Crippen molar-refractivity contribution in [2.24, 2.45) is 0 Å². The fraction of sp³-hybridized carbons (Fsp3) is 0. The molecule has 0 amide bonds. The zero-order valence-electron chi connectivity index (χ0n) is 14.2. The highest BCUT2D eigenvalue weighted by atomic mass is 14.1. The SMILES string of the molecule is c1ccc2c(c1)ccc1ccc3c(ccc4ccc5ccccc5c43)c12. The van der Waals surface area contributed by atoms with Crippen molar-refractivity contribution in [2.75, 3.05) is 0 Å². The molecule has 0 aliphatic carbocycles. The standard InChI is InChI=1S/C26H16/c1-3-7-21-17(5-1)9-11-19-13-16-24-23(25(19)21)15-14-20-12-10-18-6-2-4-8-22(18)26(20)24/h1-16H. The van der Waals surface area contributed by atoms with E-state index in [-0.39, 0.29) is 0 Å². The Balaban J connectivity index is 1.94. The molecule has 0 saturated heterocycles. The number of fused-ring (bicyclic) bond motifs is 9. The molecule has 0 saturated carbocycles. The molecule has 0 fully saturated rings. The van der Waals surface area contributed by atoms with Crippen LogP contribution in [-0.4, -0.2) is 0 Å². The summed E-state index contributed by atoms with van der Waals surface area (Å²) in [6.07, 6.45) is 0. The Morgan fingerprint density at radius 3 is 1.15 bits per heavy atom. The molecule has 6 aromatic rings. The first kappa shape index (κ1) is 13.9. The van der Waals surface area contributed by atoms with Gasteiger partial charge in [0.05, 0.1) is 0 Å². The maximum Gasteiger partial charge on any atom is -0.00266 e. The minimum atomic E-state index is 1.30. The van der Waals surface area contributed by atoms with E-state index in [4.69, 9.17) is 0 Å². The van der Waals surface area contributed by atoms with Gasteiger partial charge in [-0.2, -0.15) is 0 Å². The molecule has 0 heteroatoms. The highest BCUT2D eigenvalue weighted by molar-refractivity contribution is 6.28. The van der Waals surface area contributed by atoms with Gasteiger partial charge in [-0.1, -0.05) is 97.1 Å². The molecule has 0 nitrogen and oxygen atoms in total. The molecule has 0 atom stereocenters. The Hall–Kier alpha value is -3.38. The molecule has 26 heavy (non-hydrogen) atoms. The van der Waals surface area contributed by atoms with Crippen molar-refractivity contribution in [3.63, 3.8) is 0 Å². The van der Waals surface area contributed by atoms with Crippen molar-refractivity contribution < 1.29 is 0 Å². The third kappa shape index (κ3) is 1.79. The largest absolute Gasteiger partial charge is 0.0616 e. The van der Waals surface area contributed by atoms with Gasteiger partial charge >= 0.3 is 0 Å². The highest BCUT2D eigenvalue weighted by Gasteiger charge is 2.09. The summed E-state index contributed by atoms with van der Waals surface area (Å²) >= 11 is 0. The predicted octanol–water partition coefficient (Wildman–Crippen LogP) is 7.45. The van der Waals surface area contributed by atoms with Gasteiger partial charge in [0.25, 0.3) is 0 Å². The molecular weight excluding hydrogens is 312 g/mol. The van der Waals surface area contributed by atoms with Crippen molar-refractivity contribution in [3.05, 3.63) is 97.1 Å². The van der Waals surface area contributed by atoms with Crippen molar-refractivity contribution in [3.8, 4) is 0 Å². The van der Waals surface area contributed by atoms with Crippen LogP contribution < -0.4 is 0 Å². The molecule has 6 aromatic carbocycles. The maximum absolute atomic E-state index is 2.29. The van der Waals surface area contributed by atoms with Crippen LogP contribution in [0.1, 0.15) is 0 Å². The van der Waals surface area contributed by atoms with Gasteiger partial charge in [-0.3, -0.25) is 0 Å². The average molecular weight is 328 g/mol. The van der Waals surface area contributed by atoms with E-state index in [1.165, 1.54) is 53.9 Å². The minimum Gasteiger partial charge on any atom is -0.0616 e. The lowest BCUT2D eigenvalue weighted by Gasteiger charge is -2.12. The maximum atomic E-state index is 2.29. The van der Waals surface area contributed by atoms with Gasteiger partial charge in [0.15, 0.2) is 0 Å². The normalized spacial score (nSPS) is 11.8. The van der Waals surface area contributed by atoms with Crippen LogP contribution in [0.15, 0.2) is 97.1 Å². The van der Waals surface area contributed by atoms with E-state index in [0.717, 1.165) is 0 Å². The van der Waals surface area contributed by atoms with Gasteiger partial charge in [-0.05, 0) is 53.9 Å². The molecule has 0 bridgehead atoms. The first-order chi connectivity index (χ1) is 12.9. The lowest BCUT2D eigenvalue weighted by molar-refractivity contribution is 1.78. The monoisotopic (exact) mass is 328 g/mol. The van der Waals surface area contributed by atoms with E-state index >= 15 is 0 Å². The smallest absolute Gasteiger partial charge is 0.00266 e. The van der Waals surface area contributed by atoms with Gasteiger partial charge in [0, 0.05) is 0 Å². The molecule has 0 aromatic heterocycles. The first-order valence-corrected chi connectivity index (χ1v) is 9.05. The first-order valence-electron chi connectivity index (χ1n) is 9.05. The average Bonchev–Trinajstić information content (AvgIpc) is 2.72. The summed E-state index contributed by atoms with van der Waals surface area (Å²) < 4.78 is 0. The second-order valence-electron chi connectivity index (χ2n) is 7.00. The van der Waals surface area contributed by atoms with Crippen LogP contribution in [-0.2, 0) is 0 Å². The molecule has 0 radical (unpaired) electrons. The van der Waals surface area contributed by atoms with Gasteiger partial charge in [-0.15, -0.1) is 0 Å². The second-order valence-corrected chi connectivity index (χ2v) is 7.00. The predicted molar refractivity (Wildman–Crippen MR) is 114 cm³/mol. The van der Waals surface area contributed by atoms with Crippen molar-refractivity contribution in [1.29, 1.82) is 0 Å². The van der Waals surface area contributed by atoms with Crippen LogP contribution in [0.4, 0.5) is 0 Å². The molecule has 0 heterocycles. The molecule has 0 N–H and O–H groups in total. The number of benzene rings is 6. The minimum absolute atomic E-state index is 1.30. The quantitative estimate of drug-likeness (QED) is 0.254. The Labute approximate surface area is 151 Å². The molecular formula is C26H16. The van der Waals surface area contributed by atoms with Gasteiger partial charge < -0.3 is 0 Å². The Morgan fingerprint density at radius 1 is 0.269 bits per heavy atom. The summed E-state index contributed by atoms with van der Waals surface area (Å²) in [6, 6.07) is 35.4. The molecule has 0 spiro atoms. The Morgan fingerprint density at radius 2 is 0.654 bits per heavy atom. The summed E-state index contributed by atoms with van der Waals surface area (Å²) in [6.45, 7) is 0. The lowest BCUT2D eigenvalue weighted by Crippen LogP contribution is -1.84. The van der Waals surface area contributed by atoms with Crippen LogP contribution in [0.5, 0.6) is 0 Å². The van der Waals surface area contributed by atoms with Crippen LogP contribution in [0.3, 0.4) is 0 Å². The Kier molecular flexibility index (Phi) is 2.70. The molecule has 0 unspecified atom stereocenters. The zero-order chi connectivity index (χ0) is 17.1. The van der Waals surface area contributed by atoms with Gasteiger partial charge in [-0.25, -0.2) is 0 Å². The van der Waals surface area contributed by atoms with Crippen molar-refractivity contribution in [1.82, 2.24) is 0 Å². The second kappa shape index (κ2) is 5.06. The van der Waals surface area contributed by atoms with Crippen LogP contribution in [0.25, 0.3) is 53.9 Å². The summed E-state index contributed by atoms with van der Waals surface area (Å²) in [7, 11) is 0. The summed E-state index contributed by atoms with van der Waals surface area (Å²) in [5.74, 6) is 0. The lowest BCUT2D eigenvalue weighted by atomic mass is 9.92. The summed E-state index contributed by atoms with van der Waals surface area (Å²) in [4.78, 5) is 0. The third-order valence-electron chi connectivity index (χ3n) is 5.61. The van der Waals surface area contributed by atoms with Gasteiger partial charge in [0.2, 0.25) is 0 Å². The van der Waals surface area contributed by atoms with E-state index in [9.17, 15) is 0 Å². The zero-order valence-corrected chi connectivity index (χ0v) is 14.2. The van der Waals surface area contributed by atoms with E-state index in [0.29, 0.717) is 0 Å². The number of hydrogen-bond donors (Lipinski definition) is 0. The van der Waals surface area contributed by atoms with E-state index in [1.807, 2.05) is 0 Å². The van der Waals surface area contributed by atoms with E-state index in [1.54, 1.807) is 0 Å². The molecule has 120 valence electrons. The number of hydrogen-bond acceptors (Lipinski definition) is 0. The third-order valence-corrected chi connectivity index (χ3v) is 5.61. The summed E-state index contributed by atoms with van der Waals surface area (Å²) in [5.41, 5.74) is 0. The fourth-order valence-electron chi connectivity index (χ4n) is 4.42.